The fourth-order valence-electron chi connectivity index (χ4n) is 3.26. The highest BCUT2D eigenvalue weighted by Gasteiger charge is 2.25. The molecule has 1 amide bonds. The van der Waals surface area contributed by atoms with Gasteiger partial charge in [-0.15, -0.1) is 0 Å². The number of nitrogens with one attached hydrogen (secondary N) is 1. The van der Waals surface area contributed by atoms with Crippen LogP contribution >= 0.6 is 0 Å². The molecule has 10 nitrogen and oxygen atoms in total. The van der Waals surface area contributed by atoms with Crippen LogP contribution in [-0.2, 0) is 24.3 Å². The zero-order valence-electron chi connectivity index (χ0n) is 24.0. The fraction of sp³-hybridized carbons (Fsp3) is 0.536. The van der Waals surface area contributed by atoms with Crippen molar-refractivity contribution in [3.8, 4) is 0 Å². The minimum Gasteiger partial charge on any atom is -0.379 e. The van der Waals surface area contributed by atoms with Crippen LogP contribution in [0.15, 0.2) is 59.5 Å². The average Bonchev–Trinajstić information content (AvgIpc) is 3.47. The van der Waals surface area contributed by atoms with Crippen molar-refractivity contribution in [1.29, 1.82) is 0 Å². The maximum Gasteiger partial charge on any atom is 0.269 e. The summed E-state index contributed by atoms with van der Waals surface area (Å²) in [6.07, 6.45) is 2.49. The van der Waals surface area contributed by atoms with E-state index in [2.05, 4.69) is 24.4 Å². The number of carbonyl (C=O) groups is 1. The summed E-state index contributed by atoms with van der Waals surface area (Å²) in [5.41, 5.74) is 1.16. The smallest absolute Gasteiger partial charge is 0.269 e. The number of nitro groups is 1. The number of benzene rings is 2. The highest BCUT2D eigenvalue weighted by atomic mass is 32.2. The SMILES string of the molecule is CC.CC(C)CN(CCCNC=O)S(=O)(=O)c1ccc([N+](=O)[O-])cc1.COC1CCOC1.Cc1ccccc1. The molecule has 3 rings (SSSR count). The van der Waals surface area contributed by atoms with Gasteiger partial charge in [-0.25, -0.2) is 8.42 Å². The lowest BCUT2D eigenvalue weighted by molar-refractivity contribution is -0.384. The van der Waals surface area contributed by atoms with Crippen molar-refractivity contribution in [3.05, 3.63) is 70.3 Å². The van der Waals surface area contributed by atoms with Crippen molar-refractivity contribution in [1.82, 2.24) is 9.62 Å². The lowest BCUT2D eigenvalue weighted by atomic mass is 10.2. The monoisotopic (exact) mass is 567 g/mol. The molecule has 0 radical (unpaired) electrons. The second-order valence-electron chi connectivity index (χ2n) is 8.81. The molecule has 0 aromatic heterocycles. The molecule has 1 aliphatic heterocycles. The Morgan fingerprint density at radius 1 is 1.15 bits per heavy atom. The summed E-state index contributed by atoms with van der Waals surface area (Å²) < 4.78 is 36.7. The molecule has 1 atom stereocenters. The first-order valence-electron chi connectivity index (χ1n) is 13.2. The summed E-state index contributed by atoms with van der Waals surface area (Å²) in [5, 5.41) is 13.1. The molecule has 1 saturated heterocycles. The van der Waals surface area contributed by atoms with Gasteiger partial charge in [0.25, 0.3) is 5.69 Å². The molecule has 1 N–H and O–H groups in total. The van der Waals surface area contributed by atoms with Crippen LogP contribution in [0.4, 0.5) is 5.69 Å². The minimum absolute atomic E-state index is 0.0205. The van der Waals surface area contributed by atoms with Crippen LogP contribution < -0.4 is 5.32 Å². The van der Waals surface area contributed by atoms with Gasteiger partial charge in [-0.1, -0.05) is 63.6 Å². The first kappa shape index (κ1) is 36.1. The largest absolute Gasteiger partial charge is 0.379 e. The number of nitrogens with zero attached hydrogens (tertiary/aromatic N) is 2. The Labute approximate surface area is 233 Å². The highest BCUT2D eigenvalue weighted by molar-refractivity contribution is 7.89. The molecule has 2 aromatic carbocycles. The van der Waals surface area contributed by atoms with E-state index in [1.807, 2.05) is 45.9 Å². The van der Waals surface area contributed by atoms with E-state index < -0.39 is 14.9 Å². The van der Waals surface area contributed by atoms with E-state index in [9.17, 15) is 23.3 Å². The van der Waals surface area contributed by atoms with Crippen LogP contribution in [0.1, 0.15) is 46.1 Å². The van der Waals surface area contributed by atoms with Crippen LogP contribution in [0.5, 0.6) is 0 Å². The van der Waals surface area contributed by atoms with Gasteiger partial charge in [0.2, 0.25) is 16.4 Å². The normalized spacial score (nSPS) is 14.2. The van der Waals surface area contributed by atoms with Crippen LogP contribution in [0.25, 0.3) is 0 Å². The second-order valence-corrected chi connectivity index (χ2v) is 10.7. The maximum atomic E-state index is 12.7. The van der Waals surface area contributed by atoms with Crippen LogP contribution in [0.2, 0.25) is 0 Å². The van der Waals surface area contributed by atoms with E-state index in [4.69, 9.17) is 9.47 Å². The third kappa shape index (κ3) is 15.4. The molecule has 1 aliphatic rings. The van der Waals surface area contributed by atoms with Gasteiger partial charge in [-0.3, -0.25) is 14.9 Å². The molecule has 39 heavy (non-hydrogen) atoms. The summed E-state index contributed by atoms with van der Waals surface area (Å²) >= 11 is 0. The Morgan fingerprint density at radius 2 is 1.77 bits per heavy atom. The lowest BCUT2D eigenvalue weighted by Crippen LogP contribution is -2.36. The van der Waals surface area contributed by atoms with Crippen molar-refractivity contribution < 1.29 is 27.6 Å². The molecule has 11 heteroatoms. The summed E-state index contributed by atoms with van der Waals surface area (Å²) in [4.78, 5) is 20.3. The molecule has 1 heterocycles. The Kier molecular flexibility index (Phi) is 19.5. The maximum absolute atomic E-state index is 12.7. The van der Waals surface area contributed by atoms with Gasteiger partial charge in [-0.2, -0.15) is 4.31 Å². The van der Waals surface area contributed by atoms with Crippen molar-refractivity contribution in [2.75, 3.05) is 40.0 Å². The summed E-state index contributed by atoms with van der Waals surface area (Å²) in [6.45, 7) is 12.5. The van der Waals surface area contributed by atoms with Crippen molar-refractivity contribution >= 4 is 22.1 Å². The van der Waals surface area contributed by atoms with Crippen molar-refractivity contribution in [2.45, 2.75) is 58.5 Å². The number of ether oxygens (including phenoxy) is 2. The van der Waals surface area contributed by atoms with Crippen LogP contribution in [0.3, 0.4) is 0 Å². The first-order valence-corrected chi connectivity index (χ1v) is 14.6. The van der Waals surface area contributed by atoms with Gasteiger partial charge >= 0.3 is 0 Å². The topological polar surface area (TPSA) is 128 Å². The Hall–Kier alpha value is -2.86. The zero-order chi connectivity index (χ0) is 29.7. The summed E-state index contributed by atoms with van der Waals surface area (Å²) in [6, 6.07) is 15.1. The number of hydrogen-bond acceptors (Lipinski definition) is 7. The Morgan fingerprint density at radius 3 is 2.15 bits per heavy atom. The molecular weight excluding hydrogens is 522 g/mol. The van der Waals surface area contributed by atoms with Crippen LogP contribution in [0, 0.1) is 23.0 Å². The van der Waals surface area contributed by atoms with E-state index in [1.165, 1.54) is 34.1 Å². The average molecular weight is 568 g/mol. The van der Waals surface area contributed by atoms with E-state index >= 15 is 0 Å². The van der Waals surface area contributed by atoms with Crippen LogP contribution in [-0.4, -0.2) is 70.1 Å². The number of methoxy groups -OCH3 is 1. The number of carbonyl (C=O) groups excluding carboxylic acids is 1. The number of sulfonamides is 1. The number of amides is 1. The second kappa shape index (κ2) is 21.0. The van der Waals surface area contributed by atoms with Gasteiger partial charge in [0.15, 0.2) is 0 Å². The molecular formula is C28H45N3O7S. The first-order chi connectivity index (χ1) is 18.6. The number of hydrogen-bond donors (Lipinski definition) is 1. The third-order valence-electron chi connectivity index (χ3n) is 5.23. The molecule has 2 aromatic rings. The summed E-state index contributed by atoms with van der Waals surface area (Å²) in [7, 11) is -2.01. The predicted octanol–water partition coefficient (Wildman–Crippen LogP) is 4.82. The fourth-order valence-corrected chi connectivity index (χ4v) is 4.90. The van der Waals surface area contributed by atoms with E-state index in [0.29, 0.717) is 32.0 Å². The predicted molar refractivity (Wildman–Crippen MR) is 154 cm³/mol. The molecule has 0 saturated carbocycles. The van der Waals surface area contributed by atoms with E-state index in [0.717, 1.165) is 19.6 Å². The standard InChI is InChI=1S/C14H21N3O5S.C7H8.C5H10O2.C2H6/c1-12(2)10-16(9-3-8-15-11-18)23(21,22)14-6-4-13(5-7-14)17(19)20;1-7-5-3-2-4-6-7;1-6-5-2-3-7-4-5;1-2/h4-7,11-12H,3,8-10H2,1-2H3,(H,15,18);2-6H,1H3;5H,2-4H2,1H3;1-2H3. The number of nitro benzene ring substituents is 1. The van der Waals surface area contributed by atoms with Gasteiger partial charge in [0.1, 0.15) is 0 Å². The van der Waals surface area contributed by atoms with E-state index in [-0.39, 0.29) is 23.0 Å². The van der Waals surface area contributed by atoms with Gasteiger partial charge < -0.3 is 14.8 Å². The molecule has 0 aliphatic carbocycles. The summed E-state index contributed by atoms with van der Waals surface area (Å²) in [5.74, 6) is 0.127. The van der Waals surface area contributed by atoms with Gasteiger partial charge in [0.05, 0.1) is 22.5 Å². The number of aryl methyl sites for hydroxylation is 1. The van der Waals surface area contributed by atoms with Gasteiger partial charge in [0, 0.05) is 45.5 Å². The van der Waals surface area contributed by atoms with Gasteiger partial charge in [-0.05, 0) is 37.8 Å². The minimum atomic E-state index is -3.73. The highest BCUT2D eigenvalue weighted by Crippen LogP contribution is 2.20. The Balaban J connectivity index is 0.000000723. The molecule has 1 fully saturated rings. The third-order valence-corrected chi connectivity index (χ3v) is 7.11. The molecule has 1 unspecified atom stereocenters. The quantitative estimate of drug-likeness (QED) is 0.178. The Bertz CT molecular complexity index is 1010. The molecule has 220 valence electrons. The number of rotatable bonds is 11. The zero-order valence-corrected chi connectivity index (χ0v) is 24.9. The van der Waals surface area contributed by atoms with E-state index in [1.54, 1.807) is 7.11 Å². The lowest BCUT2D eigenvalue weighted by Gasteiger charge is -2.24. The van der Waals surface area contributed by atoms with Crippen molar-refractivity contribution in [2.24, 2.45) is 5.92 Å². The molecule has 0 bridgehead atoms. The number of non-ortho nitro benzene ring substituents is 1. The van der Waals surface area contributed by atoms with Crippen molar-refractivity contribution in [3.63, 3.8) is 0 Å². The molecule has 0 spiro atoms.